The van der Waals surface area contributed by atoms with Crippen LogP contribution in [0.1, 0.15) is 54.5 Å². The van der Waals surface area contributed by atoms with Crippen molar-refractivity contribution < 1.29 is 0 Å². The average molecular weight is 658 g/mol. The number of hydrogen-bond donors (Lipinski definition) is 0. The molecule has 7 aromatic carbocycles. The second-order valence-electron chi connectivity index (χ2n) is 13.7. The minimum Gasteiger partial charge on any atom is -0.310 e. The maximum absolute atomic E-state index is 2.45. The Kier molecular flexibility index (Phi) is 8.72. The number of fused-ring (bicyclic) bond motifs is 3. The van der Waals surface area contributed by atoms with Crippen molar-refractivity contribution in [3.63, 3.8) is 0 Å². The van der Waals surface area contributed by atoms with E-state index in [9.17, 15) is 0 Å². The lowest BCUT2D eigenvalue weighted by Gasteiger charge is -2.32. The number of rotatable bonds is 9. The maximum atomic E-state index is 2.45. The molecule has 1 aliphatic rings. The van der Waals surface area contributed by atoms with E-state index in [0.29, 0.717) is 0 Å². The third-order valence-electron chi connectivity index (χ3n) is 10.9. The van der Waals surface area contributed by atoms with Gasteiger partial charge in [0.25, 0.3) is 0 Å². The van der Waals surface area contributed by atoms with E-state index in [4.69, 9.17) is 0 Å². The van der Waals surface area contributed by atoms with E-state index < -0.39 is 0 Å². The molecule has 7 aromatic rings. The van der Waals surface area contributed by atoms with Gasteiger partial charge in [0.05, 0.1) is 0 Å². The summed E-state index contributed by atoms with van der Waals surface area (Å²) < 4.78 is 0. The third-order valence-corrected chi connectivity index (χ3v) is 10.9. The molecule has 1 heteroatoms. The summed E-state index contributed by atoms with van der Waals surface area (Å²) in [7, 11) is 0. The lowest BCUT2D eigenvalue weighted by atomic mass is 9.73. The predicted octanol–water partition coefficient (Wildman–Crippen LogP) is 14.1. The molecule has 0 aromatic heterocycles. The molecule has 0 N–H and O–H groups in total. The number of anilines is 3. The lowest BCUT2D eigenvalue weighted by Crippen LogP contribution is -2.23. The van der Waals surface area contributed by atoms with Gasteiger partial charge in [0.2, 0.25) is 0 Å². The summed E-state index contributed by atoms with van der Waals surface area (Å²) in [4.78, 5) is 2.37. The highest BCUT2D eigenvalue weighted by atomic mass is 15.1. The Bertz CT molecular complexity index is 2270. The van der Waals surface area contributed by atoms with E-state index in [-0.39, 0.29) is 5.41 Å². The zero-order valence-corrected chi connectivity index (χ0v) is 29.7. The Morgan fingerprint density at radius 1 is 0.431 bits per heavy atom. The second-order valence-corrected chi connectivity index (χ2v) is 13.7. The van der Waals surface area contributed by atoms with Crippen molar-refractivity contribution in [3.05, 3.63) is 198 Å². The van der Waals surface area contributed by atoms with E-state index in [1.807, 2.05) is 0 Å². The molecule has 1 aliphatic carbocycles. The van der Waals surface area contributed by atoms with Crippen molar-refractivity contribution in [1.82, 2.24) is 0 Å². The van der Waals surface area contributed by atoms with E-state index in [0.717, 1.165) is 24.2 Å². The van der Waals surface area contributed by atoms with Gasteiger partial charge in [-0.3, -0.25) is 0 Å². The molecule has 0 saturated heterocycles. The molecule has 0 amide bonds. The standard InChI is InChI=1S/C50H43N/c1-4-50(5-2)48-34-38(22-21-37-23-26-40(27-24-37)45-31-28-41(33-36(45)3)39-15-9-6-10-16-39)25-30-46(48)47-32-29-44(35-49(47)50)51(42-17-11-7-12-18-42)43-19-13-8-14-20-43/h6-35H,4-5H2,1-3H3. The molecule has 51 heavy (non-hydrogen) atoms. The van der Waals surface area contributed by atoms with Gasteiger partial charge in [0, 0.05) is 22.5 Å². The van der Waals surface area contributed by atoms with Crippen molar-refractivity contribution >= 4 is 29.2 Å². The molecule has 248 valence electrons. The van der Waals surface area contributed by atoms with Gasteiger partial charge in [-0.1, -0.05) is 159 Å². The minimum absolute atomic E-state index is 0.0425. The highest BCUT2D eigenvalue weighted by Crippen LogP contribution is 2.54. The zero-order valence-electron chi connectivity index (χ0n) is 29.7. The molecule has 8 rings (SSSR count). The fraction of sp³-hybridized carbons (Fsp3) is 0.120. The molecule has 0 spiro atoms. The van der Waals surface area contributed by atoms with Crippen LogP contribution in [0.25, 0.3) is 45.5 Å². The van der Waals surface area contributed by atoms with Gasteiger partial charge in [-0.15, -0.1) is 0 Å². The van der Waals surface area contributed by atoms with Gasteiger partial charge in [0.1, 0.15) is 0 Å². The first-order valence-corrected chi connectivity index (χ1v) is 18.2. The summed E-state index contributed by atoms with van der Waals surface area (Å²) in [6.07, 6.45) is 6.61. The molecule has 0 unspecified atom stereocenters. The molecule has 0 bridgehead atoms. The molecule has 0 heterocycles. The van der Waals surface area contributed by atoms with Crippen LogP contribution in [0.5, 0.6) is 0 Å². The first kappa shape index (κ1) is 32.3. The van der Waals surface area contributed by atoms with Gasteiger partial charge in [-0.2, -0.15) is 0 Å². The highest BCUT2D eigenvalue weighted by molar-refractivity contribution is 5.87. The largest absolute Gasteiger partial charge is 0.310 e. The van der Waals surface area contributed by atoms with Gasteiger partial charge in [-0.05, 0) is 117 Å². The normalized spacial score (nSPS) is 12.8. The number of benzene rings is 7. The van der Waals surface area contributed by atoms with Crippen LogP contribution < -0.4 is 4.90 Å². The first-order chi connectivity index (χ1) is 25.1. The van der Waals surface area contributed by atoms with Crippen LogP contribution in [0.4, 0.5) is 17.1 Å². The van der Waals surface area contributed by atoms with Crippen molar-refractivity contribution in [3.8, 4) is 33.4 Å². The molecular formula is C50H43N. The zero-order chi connectivity index (χ0) is 34.8. The monoisotopic (exact) mass is 657 g/mol. The second kappa shape index (κ2) is 13.8. The molecule has 0 fully saturated rings. The highest BCUT2D eigenvalue weighted by Gasteiger charge is 2.41. The van der Waals surface area contributed by atoms with E-state index in [1.165, 1.54) is 66.9 Å². The van der Waals surface area contributed by atoms with Crippen molar-refractivity contribution in [2.75, 3.05) is 4.90 Å². The Balaban J connectivity index is 1.08. The van der Waals surface area contributed by atoms with Crippen LogP contribution in [0.3, 0.4) is 0 Å². The fourth-order valence-corrected chi connectivity index (χ4v) is 8.12. The Morgan fingerprint density at radius 2 is 0.941 bits per heavy atom. The Hall–Kier alpha value is -5.92. The van der Waals surface area contributed by atoms with E-state index in [2.05, 4.69) is 208 Å². The summed E-state index contributed by atoms with van der Waals surface area (Å²) in [5.41, 5.74) is 17.8. The van der Waals surface area contributed by atoms with Crippen molar-refractivity contribution in [2.45, 2.75) is 39.0 Å². The predicted molar refractivity (Wildman–Crippen MR) is 219 cm³/mol. The molecule has 0 atom stereocenters. The van der Waals surface area contributed by atoms with Gasteiger partial charge >= 0.3 is 0 Å². The summed E-state index contributed by atoms with van der Waals surface area (Å²) in [5, 5.41) is 0. The smallest absolute Gasteiger partial charge is 0.0465 e. The van der Waals surface area contributed by atoms with Crippen LogP contribution in [0.15, 0.2) is 170 Å². The maximum Gasteiger partial charge on any atom is 0.0465 e. The topological polar surface area (TPSA) is 3.24 Å². The van der Waals surface area contributed by atoms with Crippen LogP contribution in [0, 0.1) is 6.92 Å². The van der Waals surface area contributed by atoms with Gasteiger partial charge < -0.3 is 4.90 Å². The van der Waals surface area contributed by atoms with Gasteiger partial charge in [0.15, 0.2) is 0 Å². The Morgan fingerprint density at radius 3 is 1.55 bits per heavy atom. The molecule has 0 saturated carbocycles. The van der Waals surface area contributed by atoms with Crippen molar-refractivity contribution in [1.29, 1.82) is 0 Å². The number of nitrogens with zero attached hydrogens (tertiary/aromatic N) is 1. The van der Waals surface area contributed by atoms with E-state index >= 15 is 0 Å². The minimum atomic E-state index is -0.0425. The number of aryl methyl sites for hydroxylation is 1. The fourth-order valence-electron chi connectivity index (χ4n) is 8.12. The molecule has 1 nitrogen and oxygen atoms in total. The molecule has 0 radical (unpaired) electrons. The average Bonchev–Trinajstić information content (AvgIpc) is 3.47. The van der Waals surface area contributed by atoms with Crippen LogP contribution in [-0.2, 0) is 5.41 Å². The third kappa shape index (κ3) is 6.00. The number of hydrogen-bond acceptors (Lipinski definition) is 1. The van der Waals surface area contributed by atoms with E-state index in [1.54, 1.807) is 0 Å². The summed E-state index contributed by atoms with van der Waals surface area (Å²) in [6, 6.07) is 61.9. The summed E-state index contributed by atoms with van der Waals surface area (Å²) >= 11 is 0. The number of para-hydroxylation sites is 2. The summed E-state index contributed by atoms with van der Waals surface area (Å²) in [5.74, 6) is 0. The van der Waals surface area contributed by atoms with Crippen LogP contribution in [-0.4, -0.2) is 0 Å². The molecular weight excluding hydrogens is 615 g/mol. The van der Waals surface area contributed by atoms with Crippen molar-refractivity contribution in [2.24, 2.45) is 0 Å². The Labute approximate surface area is 303 Å². The SMILES string of the molecule is CCC1(CC)c2cc(C=Cc3ccc(-c4ccc(-c5ccccc5)cc4C)cc3)ccc2-c2ccc(N(c3ccccc3)c3ccccc3)cc21. The quantitative estimate of drug-likeness (QED) is 0.140. The van der Waals surface area contributed by atoms with Gasteiger partial charge in [-0.25, -0.2) is 0 Å². The lowest BCUT2D eigenvalue weighted by molar-refractivity contribution is 0.490. The first-order valence-electron chi connectivity index (χ1n) is 18.2. The molecule has 0 aliphatic heterocycles. The summed E-state index contributed by atoms with van der Waals surface area (Å²) in [6.45, 7) is 6.90. The van der Waals surface area contributed by atoms with Crippen LogP contribution >= 0.6 is 0 Å². The van der Waals surface area contributed by atoms with Crippen LogP contribution in [0.2, 0.25) is 0 Å².